The highest BCUT2D eigenvalue weighted by molar-refractivity contribution is 6.32. The third kappa shape index (κ3) is 4.74. The first-order chi connectivity index (χ1) is 13.0. The molecule has 0 aliphatic carbocycles. The van der Waals surface area contributed by atoms with Crippen molar-refractivity contribution >= 4 is 29.1 Å². The number of hydrogen-bond acceptors (Lipinski definition) is 4. The van der Waals surface area contributed by atoms with Gasteiger partial charge in [-0.2, -0.15) is 0 Å². The lowest BCUT2D eigenvalue weighted by Crippen LogP contribution is -2.48. The Hall–Kier alpha value is -1.79. The first kappa shape index (κ1) is 20.0. The summed E-state index contributed by atoms with van der Waals surface area (Å²) in [4.78, 5) is 29.3. The van der Waals surface area contributed by atoms with Crippen molar-refractivity contribution < 1.29 is 14.3 Å². The number of nitrogens with one attached hydrogen (secondary N) is 1. The number of hydrogen-bond donors (Lipinski definition) is 1. The molecule has 2 saturated heterocycles. The van der Waals surface area contributed by atoms with Crippen molar-refractivity contribution in [3.05, 3.63) is 23.2 Å². The summed E-state index contributed by atoms with van der Waals surface area (Å²) in [6.07, 6.45) is 3.89. The molecular formula is C20H28ClN3O3. The molecule has 1 atom stereocenters. The molecule has 2 amide bonds. The number of ether oxygens (including phenoxy) is 1. The van der Waals surface area contributed by atoms with Crippen LogP contribution in [0.2, 0.25) is 5.02 Å². The fourth-order valence-electron chi connectivity index (χ4n) is 3.89. The second kappa shape index (κ2) is 8.93. The summed E-state index contributed by atoms with van der Waals surface area (Å²) in [6.45, 7) is 5.25. The van der Waals surface area contributed by atoms with Gasteiger partial charge in [-0.15, -0.1) is 0 Å². The highest BCUT2D eigenvalue weighted by atomic mass is 35.5. The number of carbonyl (C=O) groups is 2. The summed E-state index contributed by atoms with van der Waals surface area (Å²) < 4.78 is 5.13. The van der Waals surface area contributed by atoms with Gasteiger partial charge < -0.3 is 15.0 Å². The minimum atomic E-state index is -0.256. The molecule has 0 radical (unpaired) electrons. The Balaban J connectivity index is 1.51. The van der Waals surface area contributed by atoms with Gasteiger partial charge in [-0.1, -0.05) is 11.6 Å². The van der Waals surface area contributed by atoms with Gasteiger partial charge in [0.1, 0.15) is 5.75 Å². The highest BCUT2D eigenvalue weighted by Crippen LogP contribution is 2.28. The molecular weight excluding hydrogens is 366 g/mol. The lowest BCUT2D eigenvalue weighted by molar-refractivity contribution is -0.136. The van der Waals surface area contributed by atoms with E-state index in [0.29, 0.717) is 22.4 Å². The van der Waals surface area contributed by atoms with E-state index < -0.39 is 0 Å². The maximum absolute atomic E-state index is 12.6. The third-order valence-corrected chi connectivity index (χ3v) is 5.94. The number of methoxy groups -OCH3 is 1. The summed E-state index contributed by atoms with van der Waals surface area (Å²) in [5.41, 5.74) is 0.650. The van der Waals surface area contributed by atoms with Gasteiger partial charge in [-0.25, -0.2) is 0 Å². The van der Waals surface area contributed by atoms with E-state index in [1.165, 1.54) is 0 Å². The van der Waals surface area contributed by atoms with Crippen LogP contribution in [0.1, 0.15) is 32.6 Å². The highest BCUT2D eigenvalue weighted by Gasteiger charge is 2.32. The molecule has 1 aromatic rings. The van der Waals surface area contributed by atoms with Gasteiger partial charge in [-0.3, -0.25) is 14.5 Å². The number of benzene rings is 1. The van der Waals surface area contributed by atoms with Crippen molar-refractivity contribution in [1.82, 2.24) is 9.80 Å². The summed E-state index contributed by atoms with van der Waals surface area (Å²) in [5, 5.41) is 3.38. The molecule has 27 heavy (non-hydrogen) atoms. The van der Waals surface area contributed by atoms with Crippen molar-refractivity contribution in [2.75, 3.05) is 38.6 Å². The Bertz CT molecular complexity index is 683. The van der Waals surface area contributed by atoms with E-state index in [4.69, 9.17) is 16.3 Å². The van der Waals surface area contributed by atoms with Gasteiger partial charge in [-0.05, 0) is 63.9 Å². The molecule has 0 unspecified atom stereocenters. The number of anilines is 1. The van der Waals surface area contributed by atoms with Crippen molar-refractivity contribution in [3.8, 4) is 5.75 Å². The third-order valence-electron chi connectivity index (χ3n) is 5.64. The lowest BCUT2D eigenvalue weighted by Gasteiger charge is -2.36. The van der Waals surface area contributed by atoms with Crippen molar-refractivity contribution in [2.45, 2.75) is 38.6 Å². The number of rotatable bonds is 5. The van der Waals surface area contributed by atoms with Crippen molar-refractivity contribution in [3.63, 3.8) is 0 Å². The van der Waals surface area contributed by atoms with E-state index in [2.05, 4.69) is 10.2 Å². The monoisotopic (exact) mass is 393 g/mol. The van der Waals surface area contributed by atoms with Gasteiger partial charge in [0, 0.05) is 24.7 Å². The molecule has 0 bridgehead atoms. The van der Waals surface area contributed by atoms with E-state index in [-0.39, 0.29) is 17.9 Å². The molecule has 0 spiro atoms. The van der Waals surface area contributed by atoms with Gasteiger partial charge in [0.15, 0.2) is 0 Å². The molecule has 1 N–H and O–H groups in total. The van der Waals surface area contributed by atoms with Crippen LogP contribution in [0.3, 0.4) is 0 Å². The zero-order chi connectivity index (χ0) is 19.4. The van der Waals surface area contributed by atoms with Gasteiger partial charge in [0.2, 0.25) is 11.8 Å². The normalized spacial score (nSPS) is 19.7. The molecule has 6 nitrogen and oxygen atoms in total. The van der Waals surface area contributed by atoms with Crippen LogP contribution in [-0.4, -0.2) is 60.9 Å². The van der Waals surface area contributed by atoms with Crippen LogP contribution in [0.25, 0.3) is 0 Å². The fraction of sp³-hybridized carbons (Fsp3) is 0.600. The second-order valence-electron chi connectivity index (χ2n) is 7.36. The van der Waals surface area contributed by atoms with Gasteiger partial charge >= 0.3 is 0 Å². The summed E-state index contributed by atoms with van der Waals surface area (Å²) in [7, 11) is 1.56. The zero-order valence-electron chi connectivity index (χ0n) is 16.0. The molecule has 2 heterocycles. The van der Waals surface area contributed by atoms with Crippen LogP contribution in [0.5, 0.6) is 5.75 Å². The zero-order valence-corrected chi connectivity index (χ0v) is 16.8. The van der Waals surface area contributed by atoms with Crippen LogP contribution >= 0.6 is 11.6 Å². The second-order valence-corrected chi connectivity index (χ2v) is 7.76. The minimum Gasteiger partial charge on any atom is -0.495 e. The Kier molecular flexibility index (Phi) is 6.60. The number of halogens is 1. The minimum absolute atomic E-state index is 0.0689. The Morgan fingerprint density at radius 3 is 2.44 bits per heavy atom. The van der Waals surface area contributed by atoms with E-state index in [1.54, 1.807) is 25.3 Å². The van der Waals surface area contributed by atoms with E-state index in [1.807, 2.05) is 11.8 Å². The molecule has 2 aliphatic heterocycles. The van der Waals surface area contributed by atoms with E-state index in [9.17, 15) is 9.59 Å². The molecule has 3 rings (SSSR count). The summed E-state index contributed by atoms with van der Waals surface area (Å²) >= 11 is 6.12. The Morgan fingerprint density at radius 2 is 1.85 bits per heavy atom. The number of piperidine rings is 1. The average molecular weight is 394 g/mol. The summed E-state index contributed by atoms with van der Waals surface area (Å²) in [6, 6.07) is 4.94. The van der Waals surface area contributed by atoms with Crippen molar-refractivity contribution in [1.29, 1.82) is 0 Å². The topological polar surface area (TPSA) is 61.9 Å². The molecule has 0 aromatic heterocycles. The molecule has 7 heteroatoms. The molecule has 2 fully saturated rings. The van der Waals surface area contributed by atoms with Crippen LogP contribution in [-0.2, 0) is 9.59 Å². The predicted molar refractivity (Wildman–Crippen MR) is 106 cm³/mol. The number of likely N-dealkylation sites (tertiary alicyclic amines) is 2. The first-order valence-corrected chi connectivity index (χ1v) is 10.0. The van der Waals surface area contributed by atoms with Crippen LogP contribution in [0.4, 0.5) is 5.69 Å². The maximum atomic E-state index is 12.6. The SMILES string of the molecule is COc1ccc(NC(=O)[C@@H](C)N2CCC(C(=O)N3CCCC3)CC2)cc1Cl. The molecule has 148 valence electrons. The van der Waals surface area contributed by atoms with Gasteiger partial charge in [0.25, 0.3) is 0 Å². The fourth-order valence-corrected chi connectivity index (χ4v) is 4.14. The smallest absolute Gasteiger partial charge is 0.241 e. The quantitative estimate of drug-likeness (QED) is 0.835. The maximum Gasteiger partial charge on any atom is 0.241 e. The standard InChI is InChI=1S/C20H28ClN3O3/c1-14(19(25)22-16-5-6-18(27-2)17(21)13-16)23-11-7-15(8-12-23)20(26)24-9-3-4-10-24/h5-6,13-15H,3-4,7-12H2,1-2H3,(H,22,25)/t14-/m1/s1. The van der Waals surface area contributed by atoms with Gasteiger partial charge in [0.05, 0.1) is 18.2 Å². The predicted octanol–water partition coefficient (Wildman–Crippen LogP) is 3.01. The van der Waals surface area contributed by atoms with Crippen molar-refractivity contribution in [2.24, 2.45) is 5.92 Å². The molecule has 1 aromatic carbocycles. The Morgan fingerprint density at radius 1 is 1.19 bits per heavy atom. The Labute approximate surface area is 165 Å². The number of carbonyl (C=O) groups excluding carboxylic acids is 2. The number of nitrogens with zero attached hydrogens (tertiary/aromatic N) is 2. The van der Waals surface area contributed by atoms with E-state index in [0.717, 1.165) is 51.9 Å². The molecule has 2 aliphatic rings. The van der Waals surface area contributed by atoms with E-state index >= 15 is 0 Å². The van der Waals surface area contributed by atoms with Crippen LogP contribution in [0.15, 0.2) is 18.2 Å². The van der Waals surface area contributed by atoms with Crippen LogP contribution < -0.4 is 10.1 Å². The summed E-state index contributed by atoms with van der Waals surface area (Å²) in [5.74, 6) is 0.917. The average Bonchev–Trinajstić information content (AvgIpc) is 3.22. The van der Waals surface area contributed by atoms with Crippen LogP contribution in [0, 0.1) is 5.92 Å². The molecule has 0 saturated carbocycles. The lowest BCUT2D eigenvalue weighted by atomic mass is 9.94. The first-order valence-electron chi connectivity index (χ1n) is 9.67. The largest absolute Gasteiger partial charge is 0.495 e. The number of amides is 2.